The van der Waals surface area contributed by atoms with Gasteiger partial charge in [-0.25, -0.2) is 4.39 Å². The van der Waals surface area contributed by atoms with E-state index in [1.54, 1.807) is 17.0 Å². The van der Waals surface area contributed by atoms with Gasteiger partial charge in [0.15, 0.2) is 11.6 Å². The van der Waals surface area contributed by atoms with Crippen LogP contribution in [-0.2, 0) is 4.79 Å². The number of allylic oxidation sites excluding steroid dienone is 4. The molecule has 1 aromatic rings. The maximum absolute atomic E-state index is 14.4. The van der Waals surface area contributed by atoms with E-state index in [2.05, 4.69) is 28.9 Å². The van der Waals surface area contributed by atoms with Gasteiger partial charge < -0.3 is 19.6 Å². The smallest absolute Gasteiger partial charge is 0.255 e. The van der Waals surface area contributed by atoms with Crippen LogP contribution in [-0.4, -0.2) is 72.2 Å². The summed E-state index contributed by atoms with van der Waals surface area (Å²) in [6, 6.07) is 4.86. The van der Waals surface area contributed by atoms with Crippen LogP contribution in [0.2, 0.25) is 0 Å². The van der Waals surface area contributed by atoms with Crippen LogP contribution < -0.4 is 4.74 Å². The van der Waals surface area contributed by atoms with Gasteiger partial charge in [-0.15, -0.1) is 0 Å². The first-order chi connectivity index (χ1) is 16.5. The lowest BCUT2D eigenvalue weighted by molar-refractivity contribution is -0.122. The predicted molar refractivity (Wildman–Crippen MR) is 129 cm³/mol. The molecule has 0 aliphatic carbocycles. The Morgan fingerprint density at radius 2 is 1.85 bits per heavy atom. The van der Waals surface area contributed by atoms with Crippen molar-refractivity contribution in [3.63, 3.8) is 0 Å². The maximum atomic E-state index is 14.4. The number of aliphatic hydroxyl groups excluding tert-OH is 1. The van der Waals surface area contributed by atoms with Crippen LogP contribution in [0.15, 0.2) is 60.1 Å². The number of halogens is 1. The number of hydrogen-bond donors (Lipinski definition) is 1. The van der Waals surface area contributed by atoms with E-state index < -0.39 is 5.82 Å². The number of nitrogens with zero attached hydrogens (tertiary/aromatic N) is 3. The molecule has 34 heavy (non-hydrogen) atoms. The molecule has 3 unspecified atom stereocenters. The third-order valence-electron chi connectivity index (χ3n) is 7.52. The van der Waals surface area contributed by atoms with Crippen molar-refractivity contribution in [1.82, 2.24) is 14.7 Å². The number of ether oxygens (including phenoxy) is 1. The molecule has 0 radical (unpaired) electrons. The highest BCUT2D eigenvalue weighted by atomic mass is 19.1. The molecule has 4 aliphatic rings. The van der Waals surface area contributed by atoms with Gasteiger partial charge in [0.1, 0.15) is 0 Å². The topological polar surface area (TPSA) is 56.2 Å². The lowest BCUT2D eigenvalue weighted by Crippen LogP contribution is -2.33. The lowest BCUT2D eigenvalue weighted by Gasteiger charge is -2.31. The summed E-state index contributed by atoms with van der Waals surface area (Å²) in [5.74, 6) is 0.902. The molecule has 5 rings (SSSR count). The second-order valence-electron chi connectivity index (χ2n) is 9.72. The van der Waals surface area contributed by atoms with Crippen molar-refractivity contribution in [1.29, 1.82) is 0 Å². The summed E-state index contributed by atoms with van der Waals surface area (Å²) < 4.78 is 19.4. The number of rotatable bonds is 5. The van der Waals surface area contributed by atoms with Gasteiger partial charge in [-0.3, -0.25) is 9.69 Å². The van der Waals surface area contributed by atoms with E-state index in [4.69, 9.17) is 4.74 Å². The minimum atomic E-state index is -0.431. The van der Waals surface area contributed by atoms with Crippen molar-refractivity contribution >= 4 is 11.5 Å². The minimum absolute atomic E-state index is 0.0741. The fourth-order valence-electron chi connectivity index (χ4n) is 5.65. The summed E-state index contributed by atoms with van der Waals surface area (Å²) in [5.41, 5.74) is 3.46. The summed E-state index contributed by atoms with van der Waals surface area (Å²) in [5, 5.41) is 9.23. The summed E-state index contributed by atoms with van der Waals surface area (Å²) in [4.78, 5) is 19.8. The summed E-state index contributed by atoms with van der Waals surface area (Å²) in [6.45, 7) is 6.99. The van der Waals surface area contributed by atoms with Crippen LogP contribution >= 0.6 is 0 Å². The highest BCUT2D eigenvalue weighted by Gasteiger charge is 2.40. The van der Waals surface area contributed by atoms with Crippen LogP contribution in [0, 0.1) is 23.6 Å². The van der Waals surface area contributed by atoms with E-state index in [1.807, 2.05) is 18.3 Å². The summed E-state index contributed by atoms with van der Waals surface area (Å²) in [7, 11) is 1.44. The van der Waals surface area contributed by atoms with Crippen LogP contribution in [0.3, 0.4) is 0 Å². The predicted octanol–water partition coefficient (Wildman–Crippen LogP) is 3.24. The number of carbonyl (C=O) groups excluding carboxylic acids is 1. The minimum Gasteiger partial charge on any atom is -0.494 e. The lowest BCUT2D eigenvalue weighted by atomic mass is 9.89. The van der Waals surface area contributed by atoms with E-state index in [9.17, 15) is 14.3 Å². The van der Waals surface area contributed by atoms with E-state index >= 15 is 0 Å². The Morgan fingerprint density at radius 3 is 2.53 bits per heavy atom. The van der Waals surface area contributed by atoms with Gasteiger partial charge >= 0.3 is 0 Å². The Balaban J connectivity index is 1.36. The molecule has 7 heteroatoms. The van der Waals surface area contributed by atoms with Crippen molar-refractivity contribution in [2.24, 2.45) is 17.8 Å². The standard InChI is InChI=1S/C27H32FN3O3/c1-18-3-5-22-6-7-23(30-15-20-13-29(9-10-32)14-21(20)16-30)17-31(22)27(33)12-24(18)19-4-8-26(34-2)25(28)11-19/h4-8,11-12,17-18,20-21,32H,3,9-10,13-16H2,1-2H3. The number of benzene rings is 1. The molecule has 1 amide bonds. The first-order valence-electron chi connectivity index (χ1n) is 12.0. The molecule has 2 saturated heterocycles. The Morgan fingerprint density at radius 1 is 1.12 bits per heavy atom. The van der Waals surface area contributed by atoms with Gasteiger partial charge in [-0.1, -0.05) is 19.1 Å². The zero-order valence-corrected chi connectivity index (χ0v) is 19.8. The maximum Gasteiger partial charge on any atom is 0.255 e. The Bertz CT molecular complexity index is 1080. The fourth-order valence-corrected chi connectivity index (χ4v) is 5.65. The first-order valence-corrected chi connectivity index (χ1v) is 12.0. The molecule has 180 valence electrons. The first kappa shape index (κ1) is 22.9. The van der Waals surface area contributed by atoms with Crippen LogP contribution in [0.5, 0.6) is 5.75 Å². The fraction of sp³-hybridized carbons (Fsp3) is 0.444. The number of fused-ring (bicyclic) bond motifs is 2. The van der Waals surface area contributed by atoms with Crippen molar-refractivity contribution in [3.8, 4) is 5.75 Å². The Labute approximate surface area is 200 Å². The molecular weight excluding hydrogens is 433 g/mol. The van der Waals surface area contributed by atoms with Gasteiger partial charge in [-0.05, 0) is 59.6 Å². The molecule has 0 aromatic heterocycles. The zero-order chi connectivity index (χ0) is 23.8. The van der Waals surface area contributed by atoms with Gasteiger partial charge in [0.25, 0.3) is 5.91 Å². The van der Waals surface area contributed by atoms with Crippen LogP contribution in [0.25, 0.3) is 5.57 Å². The molecule has 6 nitrogen and oxygen atoms in total. The molecule has 4 aliphatic heterocycles. The average molecular weight is 466 g/mol. The quantitative estimate of drug-likeness (QED) is 0.724. The molecule has 1 aromatic carbocycles. The average Bonchev–Trinajstić information content (AvgIpc) is 3.39. The van der Waals surface area contributed by atoms with Gasteiger partial charge in [0, 0.05) is 50.7 Å². The number of likely N-dealkylation sites (tertiary alicyclic amines) is 2. The monoisotopic (exact) mass is 465 g/mol. The molecule has 3 atom stereocenters. The van der Waals surface area contributed by atoms with Crippen molar-refractivity contribution in [3.05, 3.63) is 71.5 Å². The molecule has 4 heterocycles. The molecule has 1 N–H and O–H groups in total. The van der Waals surface area contributed by atoms with E-state index in [0.29, 0.717) is 17.4 Å². The molecule has 0 spiro atoms. The molecule has 0 bridgehead atoms. The SMILES string of the molecule is COc1ccc(C2=CC(=O)N3C=C(N4CC5CN(CCO)CC5C4)C=CC3=CCC2C)cc1F. The van der Waals surface area contributed by atoms with Crippen molar-refractivity contribution in [2.45, 2.75) is 13.3 Å². The molecule has 0 saturated carbocycles. The van der Waals surface area contributed by atoms with Crippen molar-refractivity contribution in [2.75, 3.05) is 46.4 Å². The van der Waals surface area contributed by atoms with E-state index in [-0.39, 0.29) is 24.2 Å². The Hall–Kier alpha value is -2.90. The Kier molecular flexibility index (Phi) is 6.32. The number of amides is 1. The highest BCUT2D eigenvalue weighted by molar-refractivity contribution is 5.98. The number of β-amino-alcohol motifs (C(OH)–C–C–N with tert-alkyl or cyclic N) is 1. The molecule has 2 fully saturated rings. The summed E-state index contributed by atoms with van der Waals surface area (Å²) in [6.07, 6.45) is 10.6. The number of aliphatic hydroxyl groups is 1. The third-order valence-corrected chi connectivity index (χ3v) is 7.52. The zero-order valence-electron chi connectivity index (χ0n) is 19.8. The highest BCUT2D eigenvalue weighted by Crippen LogP contribution is 2.36. The van der Waals surface area contributed by atoms with Gasteiger partial charge in [0.2, 0.25) is 0 Å². The normalized spacial score (nSPS) is 27.0. The second kappa shape index (κ2) is 9.39. The largest absolute Gasteiger partial charge is 0.494 e. The van der Waals surface area contributed by atoms with Gasteiger partial charge in [-0.2, -0.15) is 0 Å². The second-order valence-corrected chi connectivity index (χ2v) is 9.72. The number of hydrogen-bond acceptors (Lipinski definition) is 5. The number of methoxy groups -OCH3 is 1. The third kappa shape index (κ3) is 4.30. The van der Waals surface area contributed by atoms with Crippen LogP contribution in [0.4, 0.5) is 4.39 Å². The van der Waals surface area contributed by atoms with Gasteiger partial charge in [0.05, 0.1) is 19.4 Å². The van der Waals surface area contributed by atoms with E-state index in [0.717, 1.165) is 56.1 Å². The molecular formula is C27H32FN3O3. The number of carbonyl (C=O) groups is 1. The summed E-state index contributed by atoms with van der Waals surface area (Å²) >= 11 is 0. The van der Waals surface area contributed by atoms with Crippen LogP contribution in [0.1, 0.15) is 18.9 Å². The van der Waals surface area contributed by atoms with E-state index in [1.165, 1.54) is 13.2 Å². The van der Waals surface area contributed by atoms with Crippen molar-refractivity contribution < 1.29 is 19.0 Å².